The van der Waals surface area contributed by atoms with E-state index in [1.165, 1.54) is 16.9 Å². The lowest BCUT2D eigenvalue weighted by molar-refractivity contribution is -0.137. The number of primary amides is 1. The van der Waals surface area contributed by atoms with E-state index in [4.69, 9.17) is 11.5 Å². The van der Waals surface area contributed by atoms with Gasteiger partial charge in [0.15, 0.2) is 0 Å². The summed E-state index contributed by atoms with van der Waals surface area (Å²) in [5.74, 6) is 4.47. The lowest BCUT2D eigenvalue weighted by Gasteiger charge is -2.45. The molecular weight excluding hydrogens is 511 g/mol. The van der Waals surface area contributed by atoms with Crippen molar-refractivity contribution in [1.82, 2.24) is 24.5 Å². The van der Waals surface area contributed by atoms with Gasteiger partial charge in [-0.15, -0.1) is 0 Å². The molecule has 2 amide bonds. The summed E-state index contributed by atoms with van der Waals surface area (Å²) in [4.78, 5) is 26.3. The van der Waals surface area contributed by atoms with Crippen LogP contribution in [0.4, 0.5) is 19.0 Å². The Bertz CT molecular complexity index is 1510. The molecule has 2 aliphatic rings. The fraction of sp³-hybridized carbons (Fsp3) is 0.407. The highest BCUT2D eigenvalue weighted by atomic mass is 19.4. The second-order valence-electron chi connectivity index (χ2n) is 10.3. The molecule has 39 heavy (non-hydrogen) atoms. The summed E-state index contributed by atoms with van der Waals surface area (Å²) in [6, 6.07) is 4.48. The van der Waals surface area contributed by atoms with Crippen LogP contribution in [0, 0.1) is 17.3 Å². The first-order valence-corrected chi connectivity index (χ1v) is 12.5. The number of rotatable bonds is 5. The molecule has 1 saturated carbocycles. The number of hydrogen-bond donors (Lipinski definition) is 2. The molecule has 2 aromatic heterocycles. The predicted molar refractivity (Wildman–Crippen MR) is 137 cm³/mol. The van der Waals surface area contributed by atoms with Crippen molar-refractivity contribution in [3.8, 4) is 23.1 Å². The van der Waals surface area contributed by atoms with Crippen LogP contribution in [0.1, 0.15) is 66.7 Å². The van der Waals surface area contributed by atoms with Gasteiger partial charge < -0.3 is 16.4 Å². The van der Waals surface area contributed by atoms with Crippen molar-refractivity contribution in [3.63, 3.8) is 0 Å². The van der Waals surface area contributed by atoms with E-state index in [-0.39, 0.29) is 34.4 Å². The molecule has 4 N–H and O–H groups in total. The zero-order valence-corrected chi connectivity index (χ0v) is 21.5. The van der Waals surface area contributed by atoms with E-state index in [1.54, 1.807) is 35.7 Å². The van der Waals surface area contributed by atoms with Crippen LogP contribution in [0.5, 0.6) is 0 Å². The molecule has 204 valence electrons. The summed E-state index contributed by atoms with van der Waals surface area (Å²) in [6.07, 6.45) is 0.984. The molecule has 1 atom stereocenters. The Kier molecular flexibility index (Phi) is 6.40. The molecule has 0 bridgehead atoms. The lowest BCUT2D eigenvalue weighted by Crippen LogP contribution is -2.42. The fourth-order valence-electron chi connectivity index (χ4n) is 5.71. The van der Waals surface area contributed by atoms with Crippen molar-refractivity contribution in [1.29, 1.82) is 0 Å². The highest BCUT2D eigenvalue weighted by molar-refractivity contribution is 6.03. The Morgan fingerprint density at radius 2 is 2.00 bits per heavy atom. The second kappa shape index (κ2) is 9.48. The number of carbonyl (C=O) groups excluding carboxylic acids is 2. The standard InChI is InChI=1S/C27H28F3N7O2/c1-3-5-21(38)35-9-8-26(15-35)11-20(12-26)37-24(31)22(25(32)39)23(34-37)18-13-33-36(14-18)16(2)17-6-4-7-19(10-17)27(28,29)30/h4,6-7,10,13-14,16,20H,8-9,11-12,15,31H2,1-2H3,(H2,32,39). The van der Waals surface area contributed by atoms with E-state index in [2.05, 4.69) is 22.0 Å². The zero-order chi connectivity index (χ0) is 28.1. The number of nitrogen functional groups attached to an aromatic ring is 1. The molecule has 1 saturated heterocycles. The second-order valence-corrected chi connectivity index (χ2v) is 10.3. The molecule has 1 aliphatic heterocycles. The average molecular weight is 540 g/mol. The number of carbonyl (C=O) groups is 2. The first-order chi connectivity index (χ1) is 18.4. The number of alkyl halides is 3. The van der Waals surface area contributed by atoms with E-state index < -0.39 is 23.7 Å². The van der Waals surface area contributed by atoms with Gasteiger partial charge in [0.1, 0.15) is 17.1 Å². The first-order valence-electron chi connectivity index (χ1n) is 12.5. The van der Waals surface area contributed by atoms with Gasteiger partial charge in [0, 0.05) is 24.8 Å². The number of benzene rings is 1. The van der Waals surface area contributed by atoms with Crippen LogP contribution in [0.15, 0.2) is 36.7 Å². The van der Waals surface area contributed by atoms with E-state index in [1.807, 2.05) is 0 Å². The molecule has 1 unspecified atom stereocenters. The van der Waals surface area contributed by atoms with Gasteiger partial charge >= 0.3 is 6.18 Å². The highest BCUT2D eigenvalue weighted by Crippen LogP contribution is 2.54. The highest BCUT2D eigenvalue weighted by Gasteiger charge is 2.51. The molecule has 3 heterocycles. The minimum atomic E-state index is -4.46. The summed E-state index contributed by atoms with van der Waals surface area (Å²) in [7, 11) is 0. The minimum absolute atomic E-state index is 0.0353. The minimum Gasteiger partial charge on any atom is -0.383 e. The van der Waals surface area contributed by atoms with Crippen molar-refractivity contribution in [2.24, 2.45) is 11.1 Å². The van der Waals surface area contributed by atoms with Gasteiger partial charge in [-0.3, -0.25) is 14.3 Å². The van der Waals surface area contributed by atoms with Gasteiger partial charge in [0.25, 0.3) is 11.8 Å². The summed E-state index contributed by atoms with van der Waals surface area (Å²) < 4.78 is 42.7. The largest absolute Gasteiger partial charge is 0.416 e. The molecule has 12 heteroatoms. The Hall–Kier alpha value is -4.27. The third-order valence-corrected chi connectivity index (χ3v) is 7.80. The van der Waals surface area contributed by atoms with Gasteiger partial charge in [-0.1, -0.05) is 18.1 Å². The monoisotopic (exact) mass is 539 g/mol. The first kappa shape index (κ1) is 26.3. The predicted octanol–water partition coefficient (Wildman–Crippen LogP) is 3.63. The van der Waals surface area contributed by atoms with Crippen LogP contribution >= 0.6 is 0 Å². The van der Waals surface area contributed by atoms with Crippen LogP contribution in [0.3, 0.4) is 0 Å². The fourth-order valence-corrected chi connectivity index (χ4v) is 5.71. The van der Waals surface area contributed by atoms with E-state index in [0.29, 0.717) is 24.2 Å². The average Bonchev–Trinajstić information content (AvgIpc) is 3.59. The number of nitrogens with two attached hydrogens (primary N) is 2. The van der Waals surface area contributed by atoms with Crippen molar-refractivity contribution in [2.45, 2.75) is 51.4 Å². The molecule has 9 nitrogen and oxygen atoms in total. The molecule has 1 aliphatic carbocycles. The quantitative estimate of drug-likeness (QED) is 0.479. The molecule has 1 aromatic carbocycles. The topological polar surface area (TPSA) is 125 Å². The summed E-state index contributed by atoms with van der Waals surface area (Å²) >= 11 is 0. The third kappa shape index (κ3) is 4.73. The van der Waals surface area contributed by atoms with Crippen molar-refractivity contribution >= 4 is 17.6 Å². The van der Waals surface area contributed by atoms with Gasteiger partial charge in [-0.25, -0.2) is 4.68 Å². The van der Waals surface area contributed by atoms with Crippen LogP contribution in [0.25, 0.3) is 11.3 Å². The summed E-state index contributed by atoms with van der Waals surface area (Å²) in [5, 5.41) is 8.96. The number of amides is 2. The maximum absolute atomic E-state index is 13.2. The molecule has 3 aromatic rings. The normalized spacial score (nSPS) is 21.4. The van der Waals surface area contributed by atoms with Crippen molar-refractivity contribution in [2.75, 3.05) is 18.8 Å². The smallest absolute Gasteiger partial charge is 0.383 e. The van der Waals surface area contributed by atoms with Crippen molar-refractivity contribution in [3.05, 3.63) is 53.3 Å². The van der Waals surface area contributed by atoms with Crippen molar-refractivity contribution < 1.29 is 22.8 Å². The summed E-state index contributed by atoms with van der Waals surface area (Å²) in [5.41, 5.74) is 12.5. The SMILES string of the molecule is CC#CC(=O)N1CCC2(CC(n3nc(-c4cnn(C(C)c5cccc(C(F)(F)F)c5)c4)c(C(N)=O)c3N)C2)C1. The maximum Gasteiger partial charge on any atom is 0.416 e. The van der Waals surface area contributed by atoms with Crippen LogP contribution in [0.2, 0.25) is 0 Å². The van der Waals surface area contributed by atoms with Crippen LogP contribution in [-0.4, -0.2) is 49.4 Å². The number of aromatic nitrogens is 4. The van der Waals surface area contributed by atoms with E-state index in [0.717, 1.165) is 31.4 Å². The molecule has 5 rings (SSSR count). The number of hydrogen-bond acceptors (Lipinski definition) is 5. The third-order valence-electron chi connectivity index (χ3n) is 7.80. The van der Waals surface area contributed by atoms with Crippen LogP contribution < -0.4 is 11.5 Å². The Morgan fingerprint density at radius 1 is 1.26 bits per heavy atom. The van der Waals surface area contributed by atoms with Gasteiger partial charge in [-0.2, -0.15) is 23.4 Å². The van der Waals surface area contributed by atoms with E-state index >= 15 is 0 Å². The molecule has 1 spiro atoms. The number of halogens is 3. The number of nitrogens with zero attached hydrogens (tertiary/aromatic N) is 5. The number of anilines is 1. The maximum atomic E-state index is 13.2. The Balaban J connectivity index is 1.38. The van der Waals surface area contributed by atoms with E-state index in [9.17, 15) is 22.8 Å². The Labute approximate surface area is 222 Å². The van der Waals surface area contributed by atoms with Crippen LogP contribution in [-0.2, 0) is 11.0 Å². The molecule has 0 radical (unpaired) electrons. The van der Waals surface area contributed by atoms with Gasteiger partial charge in [0.2, 0.25) is 0 Å². The molecular formula is C27H28F3N7O2. The lowest BCUT2D eigenvalue weighted by atomic mass is 9.65. The zero-order valence-electron chi connectivity index (χ0n) is 21.5. The van der Waals surface area contributed by atoms with Gasteiger partial charge in [-0.05, 0) is 62.1 Å². The number of likely N-dealkylation sites (tertiary alicyclic amines) is 1. The van der Waals surface area contributed by atoms with Gasteiger partial charge in [0.05, 0.1) is 23.8 Å². The Morgan fingerprint density at radius 3 is 2.67 bits per heavy atom. The summed E-state index contributed by atoms with van der Waals surface area (Å²) in [6.45, 7) is 4.63. The molecule has 2 fully saturated rings.